The number of hydrogen-bond donors (Lipinski definition) is 0. The molecule has 6 nitrogen and oxygen atoms in total. The quantitative estimate of drug-likeness (QED) is 0.365. The lowest BCUT2D eigenvalue weighted by molar-refractivity contribution is -0.384. The van der Waals surface area contributed by atoms with Crippen molar-refractivity contribution in [2.45, 2.75) is 0 Å². The van der Waals surface area contributed by atoms with Gasteiger partial charge in [0.2, 0.25) is 0 Å². The molecular formula is C15H10N2O4S2. The lowest BCUT2D eigenvalue weighted by atomic mass is 10.1. The van der Waals surface area contributed by atoms with Gasteiger partial charge in [0.15, 0.2) is 0 Å². The van der Waals surface area contributed by atoms with E-state index in [-0.39, 0.29) is 11.6 Å². The summed E-state index contributed by atoms with van der Waals surface area (Å²) >= 11 is 6.27. The highest BCUT2D eigenvalue weighted by molar-refractivity contribution is 8.26. The first-order valence-electron chi connectivity index (χ1n) is 6.52. The Hall–Kier alpha value is -2.45. The molecule has 2 aromatic rings. The van der Waals surface area contributed by atoms with Crippen LogP contribution in [0.1, 0.15) is 5.76 Å². The van der Waals surface area contributed by atoms with Crippen molar-refractivity contribution < 1.29 is 14.1 Å². The van der Waals surface area contributed by atoms with Crippen LogP contribution in [0.3, 0.4) is 0 Å². The highest BCUT2D eigenvalue weighted by Crippen LogP contribution is 2.33. The first kappa shape index (κ1) is 15.4. The Bertz CT molecular complexity index is 857. The van der Waals surface area contributed by atoms with Gasteiger partial charge in [-0.2, -0.15) is 0 Å². The molecule has 23 heavy (non-hydrogen) atoms. The molecule has 1 aliphatic heterocycles. The first-order valence-corrected chi connectivity index (χ1v) is 7.74. The third-order valence-corrected chi connectivity index (χ3v) is 4.71. The van der Waals surface area contributed by atoms with Gasteiger partial charge in [-0.15, -0.1) is 0 Å². The molecule has 1 aliphatic rings. The lowest BCUT2D eigenvalue weighted by Gasteiger charge is -2.03. The topological polar surface area (TPSA) is 76.6 Å². The maximum absolute atomic E-state index is 11.9. The number of thiocarbonyl (C=S) groups is 1. The summed E-state index contributed by atoms with van der Waals surface area (Å²) in [5.41, 5.74) is 0.592. The van der Waals surface area contributed by atoms with Crippen molar-refractivity contribution in [2.24, 2.45) is 0 Å². The van der Waals surface area contributed by atoms with Gasteiger partial charge >= 0.3 is 0 Å². The van der Waals surface area contributed by atoms with Crippen LogP contribution in [0.4, 0.5) is 5.69 Å². The minimum atomic E-state index is -0.458. The summed E-state index contributed by atoms with van der Waals surface area (Å²) in [6, 6.07) is 9.58. The largest absolute Gasteiger partial charge is 0.457 e. The fourth-order valence-electron chi connectivity index (χ4n) is 2.03. The third-order valence-electron chi connectivity index (χ3n) is 3.23. The Morgan fingerprint density at radius 3 is 2.78 bits per heavy atom. The zero-order valence-electron chi connectivity index (χ0n) is 11.9. The van der Waals surface area contributed by atoms with Crippen molar-refractivity contribution >= 4 is 46.0 Å². The molecule has 1 amide bonds. The summed E-state index contributed by atoms with van der Waals surface area (Å²) in [4.78, 5) is 24.2. The Labute approximate surface area is 140 Å². The fraction of sp³-hybridized carbons (Fsp3) is 0.0667. The lowest BCUT2D eigenvalue weighted by Crippen LogP contribution is -2.22. The van der Waals surface area contributed by atoms with Gasteiger partial charge in [0.25, 0.3) is 11.6 Å². The minimum Gasteiger partial charge on any atom is -0.457 e. The number of nitrogens with zero attached hydrogens (tertiary/aromatic N) is 2. The van der Waals surface area contributed by atoms with Crippen LogP contribution in [0.2, 0.25) is 0 Å². The molecule has 3 rings (SSSR count). The predicted molar refractivity (Wildman–Crippen MR) is 91.7 cm³/mol. The molecule has 0 aliphatic carbocycles. The van der Waals surface area contributed by atoms with E-state index < -0.39 is 4.92 Å². The maximum Gasteiger partial charge on any atom is 0.270 e. The second kappa shape index (κ2) is 5.98. The van der Waals surface area contributed by atoms with Crippen LogP contribution >= 0.6 is 24.0 Å². The fourth-order valence-corrected chi connectivity index (χ4v) is 3.19. The van der Waals surface area contributed by atoms with Crippen LogP contribution in [-0.4, -0.2) is 27.1 Å². The van der Waals surface area contributed by atoms with Crippen LogP contribution < -0.4 is 0 Å². The molecule has 0 spiro atoms. The Morgan fingerprint density at radius 2 is 2.13 bits per heavy atom. The SMILES string of the molecule is CN1C(=O)/C(=C/c2ccc(-c3cccc([N+](=O)[O-])c3)o2)SC1=S. The van der Waals surface area contributed by atoms with Gasteiger partial charge in [-0.05, 0) is 12.1 Å². The molecule has 0 saturated carbocycles. The summed E-state index contributed by atoms with van der Waals surface area (Å²) in [6.07, 6.45) is 1.61. The molecule has 116 valence electrons. The van der Waals surface area contributed by atoms with Crippen LogP contribution in [0, 0.1) is 10.1 Å². The van der Waals surface area contributed by atoms with Gasteiger partial charge in [0.1, 0.15) is 15.8 Å². The number of nitro benzene ring substituents is 1. The molecule has 1 aromatic heterocycles. The van der Waals surface area contributed by atoms with Gasteiger partial charge in [0, 0.05) is 30.8 Å². The summed E-state index contributed by atoms with van der Waals surface area (Å²) in [5, 5.41) is 10.8. The average Bonchev–Trinajstić information content (AvgIpc) is 3.09. The first-order chi connectivity index (χ1) is 11.0. The molecule has 0 bridgehead atoms. The molecule has 8 heteroatoms. The number of likely N-dealkylation sites (N-methyl/N-ethyl adjacent to an activating group) is 1. The molecule has 0 N–H and O–H groups in total. The molecule has 0 radical (unpaired) electrons. The number of thioether (sulfide) groups is 1. The number of amides is 1. The van der Waals surface area contributed by atoms with Crippen LogP contribution in [0.5, 0.6) is 0 Å². The number of carbonyl (C=O) groups is 1. The van der Waals surface area contributed by atoms with Crippen LogP contribution in [-0.2, 0) is 4.79 Å². The monoisotopic (exact) mass is 346 g/mol. The zero-order valence-corrected chi connectivity index (χ0v) is 13.5. The van der Waals surface area contributed by atoms with Gasteiger partial charge in [0.05, 0.1) is 9.83 Å². The zero-order chi connectivity index (χ0) is 16.6. The molecule has 1 fully saturated rings. The second-order valence-corrected chi connectivity index (χ2v) is 6.43. The summed E-state index contributed by atoms with van der Waals surface area (Å²) in [7, 11) is 1.62. The van der Waals surface area contributed by atoms with Crippen molar-refractivity contribution in [1.82, 2.24) is 4.90 Å². The van der Waals surface area contributed by atoms with Crippen LogP contribution in [0.25, 0.3) is 17.4 Å². The van der Waals surface area contributed by atoms with E-state index >= 15 is 0 Å². The van der Waals surface area contributed by atoms with E-state index in [2.05, 4.69) is 0 Å². The Morgan fingerprint density at radius 1 is 1.35 bits per heavy atom. The van der Waals surface area contributed by atoms with Crippen molar-refractivity contribution in [3.63, 3.8) is 0 Å². The summed E-state index contributed by atoms with van der Waals surface area (Å²) in [5.74, 6) is 0.806. The van der Waals surface area contributed by atoms with Gasteiger partial charge in [-0.3, -0.25) is 19.8 Å². The van der Waals surface area contributed by atoms with E-state index in [1.165, 1.54) is 28.8 Å². The highest BCUT2D eigenvalue weighted by Gasteiger charge is 2.29. The number of carbonyl (C=O) groups excluding carboxylic acids is 1. The standard InChI is InChI=1S/C15H10N2O4S2/c1-16-14(18)13(23-15(16)22)8-11-5-6-12(21-11)9-3-2-4-10(7-9)17(19)20/h2-8H,1H3/b13-8-. The molecule has 1 aromatic carbocycles. The third kappa shape index (κ3) is 3.03. The highest BCUT2D eigenvalue weighted by atomic mass is 32.2. The Kier molecular flexibility index (Phi) is 4.01. The second-order valence-electron chi connectivity index (χ2n) is 4.75. The van der Waals surface area contributed by atoms with Gasteiger partial charge in [-0.1, -0.05) is 36.1 Å². The number of benzene rings is 1. The number of hydrogen-bond acceptors (Lipinski definition) is 6. The number of non-ortho nitro benzene ring substituents is 1. The maximum atomic E-state index is 11.9. The van der Waals surface area contributed by atoms with Crippen molar-refractivity contribution in [3.05, 3.63) is 57.2 Å². The van der Waals surface area contributed by atoms with E-state index in [4.69, 9.17) is 16.6 Å². The van der Waals surface area contributed by atoms with E-state index in [0.717, 1.165) is 0 Å². The molecule has 2 heterocycles. The summed E-state index contributed by atoms with van der Waals surface area (Å²) < 4.78 is 6.15. The smallest absolute Gasteiger partial charge is 0.270 e. The van der Waals surface area contributed by atoms with Gasteiger partial charge < -0.3 is 4.42 Å². The minimum absolute atomic E-state index is 0.00713. The summed E-state index contributed by atoms with van der Waals surface area (Å²) in [6.45, 7) is 0. The molecule has 1 saturated heterocycles. The van der Waals surface area contributed by atoms with Crippen LogP contribution in [0.15, 0.2) is 45.7 Å². The number of rotatable bonds is 3. The van der Waals surface area contributed by atoms with E-state index in [9.17, 15) is 14.9 Å². The Balaban J connectivity index is 1.90. The number of nitro groups is 1. The molecule has 0 atom stereocenters. The van der Waals surface area contributed by atoms with Gasteiger partial charge in [-0.25, -0.2) is 0 Å². The van der Waals surface area contributed by atoms with E-state index in [1.807, 2.05) is 0 Å². The normalized spacial score (nSPS) is 16.4. The average molecular weight is 346 g/mol. The van der Waals surface area contributed by atoms with Crippen molar-refractivity contribution in [2.75, 3.05) is 7.05 Å². The number of furan rings is 1. The van der Waals surface area contributed by atoms with Crippen molar-refractivity contribution in [3.8, 4) is 11.3 Å². The van der Waals surface area contributed by atoms with E-state index in [0.29, 0.717) is 26.3 Å². The van der Waals surface area contributed by atoms with Crippen molar-refractivity contribution in [1.29, 1.82) is 0 Å². The van der Waals surface area contributed by atoms with E-state index in [1.54, 1.807) is 37.4 Å². The predicted octanol–water partition coefficient (Wildman–Crippen LogP) is 3.69. The molecular weight excluding hydrogens is 336 g/mol. The molecule has 0 unspecified atom stereocenters.